The maximum absolute atomic E-state index is 11.9. The second kappa shape index (κ2) is 11.8. The van der Waals surface area contributed by atoms with Gasteiger partial charge in [-0.2, -0.15) is 0 Å². The van der Waals surface area contributed by atoms with E-state index in [2.05, 4.69) is 15.2 Å². The summed E-state index contributed by atoms with van der Waals surface area (Å²) < 4.78 is 5.22. The molecule has 0 unspecified atom stereocenters. The smallest absolute Gasteiger partial charge is 0.230 e. The first-order valence-corrected chi connectivity index (χ1v) is 11.3. The van der Waals surface area contributed by atoms with Gasteiger partial charge in [0, 0.05) is 37.9 Å². The van der Waals surface area contributed by atoms with Gasteiger partial charge in [0.1, 0.15) is 11.5 Å². The fourth-order valence-electron chi connectivity index (χ4n) is 3.25. The predicted molar refractivity (Wildman–Crippen MR) is 117 cm³/mol. The zero-order valence-corrected chi connectivity index (χ0v) is 17.8. The zero-order valence-electron chi connectivity index (χ0n) is 17.0. The Hall–Kier alpha value is -2.29. The van der Waals surface area contributed by atoms with Crippen molar-refractivity contribution in [3.63, 3.8) is 0 Å². The van der Waals surface area contributed by atoms with Gasteiger partial charge in [0.15, 0.2) is 0 Å². The summed E-state index contributed by atoms with van der Waals surface area (Å²) in [5.41, 5.74) is 2.04. The Morgan fingerprint density at radius 2 is 2.20 bits per heavy atom. The van der Waals surface area contributed by atoms with Crippen molar-refractivity contribution in [3.8, 4) is 0 Å². The molecule has 1 aliphatic heterocycles. The van der Waals surface area contributed by atoms with Crippen LogP contribution in [0.2, 0.25) is 0 Å². The van der Waals surface area contributed by atoms with E-state index < -0.39 is 0 Å². The third-order valence-corrected chi connectivity index (χ3v) is 5.87. The number of allylic oxidation sites excluding steroid dienone is 1. The van der Waals surface area contributed by atoms with Gasteiger partial charge in [0.2, 0.25) is 5.91 Å². The van der Waals surface area contributed by atoms with Gasteiger partial charge in [-0.3, -0.25) is 14.7 Å². The fourth-order valence-corrected chi connectivity index (χ4v) is 4.00. The number of hydrogen-bond donors (Lipinski definition) is 3. The first kappa shape index (κ1) is 22.4. The third kappa shape index (κ3) is 7.85. The number of likely N-dealkylation sites (tertiary alicyclic amines) is 1. The van der Waals surface area contributed by atoms with Crippen molar-refractivity contribution in [3.05, 3.63) is 65.6 Å². The molecule has 3 rings (SSSR count). The van der Waals surface area contributed by atoms with Crippen molar-refractivity contribution >= 4 is 17.7 Å². The lowest BCUT2D eigenvalue weighted by molar-refractivity contribution is -0.118. The van der Waals surface area contributed by atoms with Gasteiger partial charge in [-0.15, -0.1) is 11.8 Å². The number of aliphatic hydroxyl groups excluding tert-OH is 2. The van der Waals surface area contributed by atoms with Crippen LogP contribution in [0.3, 0.4) is 0 Å². The normalized spacial score (nSPS) is 16.0. The number of hydrogen-bond acceptors (Lipinski definition) is 7. The molecule has 3 N–H and O–H groups in total. The van der Waals surface area contributed by atoms with Gasteiger partial charge < -0.3 is 19.9 Å². The predicted octanol–water partition coefficient (Wildman–Crippen LogP) is 2.67. The highest BCUT2D eigenvalue weighted by Crippen LogP contribution is 2.14. The molecule has 1 amide bonds. The van der Waals surface area contributed by atoms with Gasteiger partial charge in [-0.05, 0) is 48.7 Å². The molecule has 1 saturated heterocycles. The molecule has 0 aliphatic carbocycles. The van der Waals surface area contributed by atoms with Crippen LogP contribution < -0.4 is 5.32 Å². The summed E-state index contributed by atoms with van der Waals surface area (Å²) in [5.74, 6) is 1.78. The average Bonchev–Trinajstić information content (AvgIpc) is 3.26. The summed E-state index contributed by atoms with van der Waals surface area (Å²) >= 11 is 1.46. The third-order valence-electron chi connectivity index (χ3n) is 4.92. The molecule has 3 heterocycles. The van der Waals surface area contributed by atoms with Crippen LogP contribution in [-0.4, -0.2) is 57.5 Å². The highest BCUT2D eigenvalue weighted by Gasteiger charge is 2.16. The summed E-state index contributed by atoms with van der Waals surface area (Å²) in [5, 5.41) is 22.4. The number of amides is 1. The number of carbonyl (C=O) groups excluding carboxylic acids is 1. The van der Waals surface area contributed by atoms with Crippen LogP contribution in [-0.2, 0) is 23.5 Å². The Balaban J connectivity index is 1.37. The number of nitrogens with zero attached hydrogens (tertiary/aromatic N) is 2. The highest BCUT2D eigenvalue weighted by molar-refractivity contribution is 7.99. The van der Waals surface area contributed by atoms with Crippen LogP contribution >= 0.6 is 11.8 Å². The van der Waals surface area contributed by atoms with E-state index in [1.807, 2.05) is 24.3 Å². The molecule has 0 atom stereocenters. The molecule has 0 radical (unpaired) electrons. The van der Waals surface area contributed by atoms with E-state index in [4.69, 9.17) is 4.42 Å². The summed E-state index contributed by atoms with van der Waals surface area (Å²) in [4.78, 5) is 18.6. The molecule has 0 spiro atoms. The number of aromatic nitrogens is 1. The van der Waals surface area contributed by atoms with Crippen LogP contribution in [0.5, 0.6) is 0 Å². The molecule has 7 nitrogen and oxygen atoms in total. The number of rotatable bonds is 10. The minimum absolute atomic E-state index is 0.107. The molecule has 0 bridgehead atoms. The Labute approximate surface area is 181 Å². The van der Waals surface area contributed by atoms with Crippen molar-refractivity contribution in [2.75, 3.05) is 25.4 Å². The van der Waals surface area contributed by atoms with E-state index in [1.165, 1.54) is 17.3 Å². The molecule has 8 heteroatoms. The number of nitrogens with one attached hydrogen (secondary N) is 1. The van der Waals surface area contributed by atoms with Gasteiger partial charge in [0.05, 0.1) is 30.4 Å². The van der Waals surface area contributed by atoms with E-state index in [0.29, 0.717) is 17.9 Å². The second-order valence-electron chi connectivity index (χ2n) is 7.41. The lowest BCUT2D eigenvalue weighted by atomic mass is 10.1. The molecule has 1 fully saturated rings. The molecule has 0 saturated carbocycles. The first-order chi connectivity index (χ1) is 14.6. The zero-order chi connectivity index (χ0) is 21.2. The van der Waals surface area contributed by atoms with Gasteiger partial charge in [-0.1, -0.05) is 0 Å². The maximum Gasteiger partial charge on any atom is 0.230 e. The highest BCUT2D eigenvalue weighted by atomic mass is 32.2. The quantitative estimate of drug-likeness (QED) is 0.498. The van der Waals surface area contributed by atoms with Crippen molar-refractivity contribution < 1.29 is 19.4 Å². The number of piperidine rings is 1. The lowest BCUT2D eigenvalue weighted by Crippen LogP contribution is -2.35. The minimum atomic E-state index is -0.169. The Kier molecular flexibility index (Phi) is 8.80. The minimum Gasteiger partial charge on any atom is -0.511 e. The van der Waals surface area contributed by atoms with Crippen molar-refractivity contribution in [2.45, 2.75) is 37.7 Å². The number of thioether (sulfide) groups is 1. The van der Waals surface area contributed by atoms with Crippen LogP contribution in [0.25, 0.3) is 0 Å². The SMILES string of the molecule is O=C(CSCc1ccco1)NCC(O)=CCc1cc(CN2CCC(O)CC2)ccn1. The first-order valence-electron chi connectivity index (χ1n) is 10.2. The summed E-state index contributed by atoms with van der Waals surface area (Å²) in [6.45, 7) is 2.75. The topological polar surface area (TPSA) is 98.8 Å². The van der Waals surface area contributed by atoms with Gasteiger partial charge in [0.25, 0.3) is 0 Å². The summed E-state index contributed by atoms with van der Waals surface area (Å²) in [6, 6.07) is 7.74. The molecule has 162 valence electrons. The number of carbonyl (C=O) groups is 1. The molecular formula is C22H29N3O4S. The van der Waals surface area contributed by atoms with E-state index in [0.717, 1.165) is 43.9 Å². The van der Waals surface area contributed by atoms with E-state index in [-0.39, 0.29) is 24.3 Å². The van der Waals surface area contributed by atoms with Crippen molar-refractivity contribution in [2.24, 2.45) is 0 Å². The standard InChI is InChI=1S/C22H29N3O4S/c26-19-6-9-25(10-7-19)14-17-5-8-23-18(12-17)3-4-20(27)13-24-22(28)16-30-15-21-2-1-11-29-21/h1-2,4-5,8,11-12,19,26-27H,3,6-7,9-10,13-16H2,(H,24,28). The van der Waals surface area contributed by atoms with Crippen LogP contribution in [0.15, 0.2) is 53.0 Å². The Morgan fingerprint density at radius 1 is 1.37 bits per heavy atom. The molecule has 0 aromatic carbocycles. The van der Waals surface area contributed by atoms with Crippen LogP contribution in [0, 0.1) is 0 Å². The molecular weight excluding hydrogens is 402 g/mol. The maximum atomic E-state index is 11.9. The van der Waals surface area contributed by atoms with Crippen LogP contribution in [0.1, 0.15) is 29.9 Å². The van der Waals surface area contributed by atoms with Crippen LogP contribution in [0.4, 0.5) is 0 Å². The number of furan rings is 1. The largest absolute Gasteiger partial charge is 0.511 e. The number of aliphatic hydroxyl groups is 2. The molecule has 2 aromatic heterocycles. The second-order valence-corrected chi connectivity index (χ2v) is 8.40. The van der Waals surface area contributed by atoms with E-state index >= 15 is 0 Å². The van der Waals surface area contributed by atoms with Gasteiger partial charge >= 0.3 is 0 Å². The van der Waals surface area contributed by atoms with Crippen molar-refractivity contribution in [1.82, 2.24) is 15.2 Å². The lowest BCUT2D eigenvalue weighted by Gasteiger charge is -2.29. The average molecular weight is 432 g/mol. The monoisotopic (exact) mass is 431 g/mol. The molecule has 2 aromatic rings. The fraction of sp³-hybridized carbons (Fsp3) is 0.455. The Morgan fingerprint density at radius 3 is 2.97 bits per heavy atom. The van der Waals surface area contributed by atoms with Gasteiger partial charge in [-0.25, -0.2) is 0 Å². The molecule has 1 aliphatic rings. The summed E-state index contributed by atoms with van der Waals surface area (Å²) in [7, 11) is 0. The number of pyridine rings is 1. The Bertz CT molecular complexity index is 818. The van der Waals surface area contributed by atoms with E-state index in [1.54, 1.807) is 18.5 Å². The van der Waals surface area contributed by atoms with Crippen molar-refractivity contribution in [1.29, 1.82) is 0 Å². The van der Waals surface area contributed by atoms with E-state index in [9.17, 15) is 15.0 Å². The molecule has 30 heavy (non-hydrogen) atoms. The summed E-state index contributed by atoms with van der Waals surface area (Å²) in [6.07, 6.45) is 7.05.